The van der Waals surface area contributed by atoms with E-state index in [1.807, 2.05) is 0 Å². The second-order valence-corrected chi connectivity index (χ2v) is 2.90. The van der Waals surface area contributed by atoms with Crippen molar-refractivity contribution in [3.63, 3.8) is 0 Å². The summed E-state index contributed by atoms with van der Waals surface area (Å²) in [4.78, 5) is 15.6. The van der Waals surface area contributed by atoms with Gasteiger partial charge in [-0.3, -0.25) is 15.6 Å². The largest absolute Gasteiger partial charge is 0.363 e. The number of aromatic nitrogens is 2. The number of carbonyl (C=O) groups excluding carboxylic acids is 1. The molecule has 0 atom stereocenters. The predicted octanol–water partition coefficient (Wildman–Crippen LogP) is 0.607. The lowest BCUT2D eigenvalue weighted by Gasteiger charge is -2.06. The fourth-order valence-corrected chi connectivity index (χ4v) is 1.16. The molecule has 2 heterocycles. The molecule has 0 saturated heterocycles. The van der Waals surface area contributed by atoms with Gasteiger partial charge in [-0.1, -0.05) is 5.16 Å². The van der Waals surface area contributed by atoms with Crippen molar-refractivity contribution in [1.29, 1.82) is 0 Å². The number of hydrogen-bond donors (Lipinski definition) is 3. The van der Waals surface area contributed by atoms with Crippen LogP contribution in [0, 0.1) is 0 Å². The highest BCUT2D eigenvalue weighted by atomic mass is 16.5. The zero-order chi connectivity index (χ0) is 11.4. The van der Waals surface area contributed by atoms with Crippen LogP contribution in [0.15, 0.2) is 35.3 Å². The molecule has 0 radical (unpaired) electrons. The predicted molar refractivity (Wildman–Crippen MR) is 56.5 cm³/mol. The minimum absolute atomic E-state index is 0.327. The van der Waals surface area contributed by atoms with Crippen molar-refractivity contribution in [2.24, 2.45) is 5.84 Å². The molecule has 7 nitrogen and oxygen atoms in total. The van der Waals surface area contributed by atoms with Crippen LogP contribution in [0.25, 0.3) is 0 Å². The number of nitrogens with two attached hydrogens (primary N) is 1. The molecule has 0 aromatic carbocycles. The second kappa shape index (κ2) is 4.41. The van der Waals surface area contributed by atoms with Crippen molar-refractivity contribution in [3.8, 4) is 0 Å². The quantitative estimate of drug-likeness (QED) is 0.515. The Hall–Kier alpha value is -2.41. The molecule has 0 fully saturated rings. The molecule has 2 aromatic rings. The van der Waals surface area contributed by atoms with Crippen LogP contribution in [0.1, 0.15) is 10.4 Å². The first kappa shape index (κ1) is 10.1. The minimum atomic E-state index is -0.366. The van der Waals surface area contributed by atoms with Crippen molar-refractivity contribution in [1.82, 2.24) is 10.1 Å². The number of amides is 1. The third-order valence-electron chi connectivity index (χ3n) is 1.90. The molecule has 82 valence electrons. The van der Waals surface area contributed by atoms with Gasteiger partial charge in [-0.2, -0.15) is 0 Å². The normalized spacial score (nSPS) is 9.81. The topological polar surface area (TPSA) is 106 Å². The van der Waals surface area contributed by atoms with Crippen LogP contribution in [0.5, 0.6) is 0 Å². The lowest BCUT2D eigenvalue weighted by atomic mass is 10.2. The van der Waals surface area contributed by atoms with Gasteiger partial charge in [0, 0.05) is 18.5 Å². The van der Waals surface area contributed by atoms with E-state index in [-0.39, 0.29) is 5.91 Å². The lowest BCUT2D eigenvalue weighted by molar-refractivity contribution is 0.102. The molecule has 4 N–H and O–H groups in total. The zero-order valence-corrected chi connectivity index (χ0v) is 8.18. The summed E-state index contributed by atoms with van der Waals surface area (Å²) in [6.07, 6.45) is 4.30. The number of nitrogens with zero attached hydrogens (tertiary/aromatic N) is 2. The minimum Gasteiger partial charge on any atom is -0.363 e. The molecule has 0 spiro atoms. The number of hydrazine groups is 1. The molecule has 1 amide bonds. The molecule has 0 aliphatic heterocycles. The Kier molecular flexibility index (Phi) is 2.79. The molecular weight excluding hydrogens is 210 g/mol. The molecule has 0 saturated carbocycles. The van der Waals surface area contributed by atoms with Crippen molar-refractivity contribution in [2.75, 3.05) is 10.7 Å². The van der Waals surface area contributed by atoms with Gasteiger partial charge in [0.15, 0.2) is 5.82 Å². The smallest absolute Gasteiger partial charge is 0.260 e. The zero-order valence-electron chi connectivity index (χ0n) is 8.18. The van der Waals surface area contributed by atoms with Gasteiger partial charge in [0.1, 0.15) is 6.26 Å². The van der Waals surface area contributed by atoms with Gasteiger partial charge in [0.05, 0.1) is 11.3 Å². The number of nitrogens with one attached hydrogen (secondary N) is 2. The Morgan fingerprint density at radius 2 is 2.31 bits per heavy atom. The standard InChI is InChI=1S/C9H9N5O2/c10-13-7-1-3-11-5-6(7)9(15)12-8-2-4-16-14-8/h1-5H,10H2,(H,11,13)(H,12,14,15). The first-order valence-corrected chi connectivity index (χ1v) is 4.43. The van der Waals surface area contributed by atoms with Crippen LogP contribution in [0.4, 0.5) is 11.5 Å². The number of pyridine rings is 1. The van der Waals surface area contributed by atoms with Gasteiger partial charge < -0.3 is 15.3 Å². The number of anilines is 2. The van der Waals surface area contributed by atoms with Gasteiger partial charge in [-0.15, -0.1) is 0 Å². The maximum Gasteiger partial charge on any atom is 0.260 e. The van der Waals surface area contributed by atoms with Crippen LogP contribution in [0.3, 0.4) is 0 Å². The molecule has 2 rings (SSSR count). The van der Waals surface area contributed by atoms with E-state index in [1.165, 1.54) is 24.7 Å². The first-order chi connectivity index (χ1) is 7.81. The van der Waals surface area contributed by atoms with E-state index in [0.29, 0.717) is 17.1 Å². The average Bonchev–Trinajstić information content (AvgIpc) is 2.81. The number of nitrogen functional groups attached to an aromatic ring is 1. The Morgan fingerprint density at radius 1 is 1.44 bits per heavy atom. The van der Waals surface area contributed by atoms with Gasteiger partial charge in [0.2, 0.25) is 0 Å². The fourth-order valence-electron chi connectivity index (χ4n) is 1.16. The van der Waals surface area contributed by atoms with E-state index in [4.69, 9.17) is 5.84 Å². The van der Waals surface area contributed by atoms with Gasteiger partial charge >= 0.3 is 0 Å². The van der Waals surface area contributed by atoms with Crippen LogP contribution >= 0.6 is 0 Å². The van der Waals surface area contributed by atoms with E-state index in [9.17, 15) is 4.79 Å². The van der Waals surface area contributed by atoms with Gasteiger partial charge in [-0.05, 0) is 6.07 Å². The third-order valence-corrected chi connectivity index (χ3v) is 1.90. The SMILES string of the molecule is NNc1ccncc1C(=O)Nc1ccon1. The Bertz CT molecular complexity index is 482. The molecule has 0 bridgehead atoms. The monoisotopic (exact) mass is 219 g/mol. The Balaban J connectivity index is 2.21. The first-order valence-electron chi connectivity index (χ1n) is 4.43. The highest BCUT2D eigenvalue weighted by Crippen LogP contribution is 2.13. The summed E-state index contributed by atoms with van der Waals surface area (Å²) < 4.78 is 4.59. The molecule has 0 unspecified atom stereocenters. The maximum atomic E-state index is 11.8. The van der Waals surface area contributed by atoms with Crippen molar-refractivity contribution in [2.45, 2.75) is 0 Å². The van der Waals surface area contributed by atoms with Crippen molar-refractivity contribution >= 4 is 17.4 Å². The van der Waals surface area contributed by atoms with Crippen LogP contribution < -0.4 is 16.6 Å². The number of hydrogen-bond acceptors (Lipinski definition) is 6. The lowest BCUT2D eigenvalue weighted by Crippen LogP contribution is -2.17. The molecule has 0 aliphatic carbocycles. The van der Waals surface area contributed by atoms with E-state index < -0.39 is 0 Å². The highest BCUT2D eigenvalue weighted by molar-refractivity contribution is 6.07. The highest BCUT2D eigenvalue weighted by Gasteiger charge is 2.11. The van der Waals surface area contributed by atoms with E-state index in [0.717, 1.165) is 0 Å². The summed E-state index contributed by atoms with van der Waals surface area (Å²) in [5.41, 5.74) is 3.22. The fraction of sp³-hybridized carbons (Fsp3) is 0. The van der Waals surface area contributed by atoms with Crippen LogP contribution in [-0.2, 0) is 0 Å². The van der Waals surface area contributed by atoms with Gasteiger partial charge in [-0.25, -0.2) is 0 Å². The maximum absolute atomic E-state index is 11.8. The third kappa shape index (κ3) is 1.98. The van der Waals surface area contributed by atoms with Crippen molar-refractivity contribution in [3.05, 3.63) is 36.4 Å². The van der Waals surface area contributed by atoms with Crippen molar-refractivity contribution < 1.29 is 9.32 Å². The van der Waals surface area contributed by atoms with E-state index in [2.05, 4.69) is 25.4 Å². The number of carbonyl (C=O) groups is 1. The summed E-state index contributed by atoms with van der Waals surface area (Å²) in [6.45, 7) is 0. The second-order valence-electron chi connectivity index (χ2n) is 2.90. The summed E-state index contributed by atoms with van der Waals surface area (Å²) in [6, 6.07) is 3.13. The van der Waals surface area contributed by atoms with E-state index >= 15 is 0 Å². The molecule has 7 heteroatoms. The Morgan fingerprint density at radius 3 is 3.00 bits per heavy atom. The van der Waals surface area contributed by atoms with Crippen LogP contribution in [-0.4, -0.2) is 16.0 Å². The Labute approximate surface area is 90.6 Å². The number of rotatable bonds is 3. The van der Waals surface area contributed by atoms with Crippen LogP contribution in [0.2, 0.25) is 0 Å². The molecule has 0 aliphatic rings. The molecule has 2 aromatic heterocycles. The van der Waals surface area contributed by atoms with E-state index in [1.54, 1.807) is 6.07 Å². The summed E-state index contributed by atoms with van der Waals surface area (Å²) in [7, 11) is 0. The van der Waals surface area contributed by atoms with Gasteiger partial charge in [0.25, 0.3) is 5.91 Å². The molecule has 16 heavy (non-hydrogen) atoms. The average molecular weight is 219 g/mol. The molecular formula is C9H9N5O2. The summed E-state index contributed by atoms with van der Waals surface area (Å²) >= 11 is 0. The summed E-state index contributed by atoms with van der Waals surface area (Å²) in [5, 5.41) is 6.09. The summed E-state index contributed by atoms with van der Waals surface area (Å²) in [5.74, 6) is 5.23.